The molecule has 2 N–H and O–H groups in total. The molecular weight excluding hydrogens is 258 g/mol. The molecule has 0 saturated carbocycles. The Labute approximate surface area is 108 Å². The van der Waals surface area contributed by atoms with Gasteiger partial charge in [-0.1, -0.05) is 0 Å². The molecule has 1 aromatic rings. The zero-order chi connectivity index (χ0) is 14.6. The van der Waals surface area contributed by atoms with Gasteiger partial charge < -0.3 is 15.3 Å². The van der Waals surface area contributed by atoms with Gasteiger partial charge in [0.05, 0.1) is 11.1 Å². The van der Waals surface area contributed by atoms with E-state index in [1.54, 1.807) is 7.05 Å². The first-order valence-electron chi connectivity index (χ1n) is 5.51. The molecule has 0 bridgehead atoms. The Morgan fingerprint density at radius 3 is 2.26 bits per heavy atom. The molecule has 0 spiro atoms. The highest BCUT2D eigenvalue weighted by atomic mass is 19.2. The number of carboxylic acid groups (broad SMARTS) is 1. The van der Waals surface area contributed by atoms with Crippen LogP contribution < -0.4 is 5.32 Å². The average molecular weight is 272 g/mol. The molecule has 0 heterocycles. The molecule has 5 nitrogen and oxygen atoms in total. The standard InChI is InChI=1S/C12H14F2N2O3/c1-15-3-4-16(2)11(17)7-5-9(13)10(14)6-8(7)12(18)19/h5-6,15H,3-4H2,1-2H3,(H,18,19). The van der Waals surface area contributed by atoms with Crippen LogP contribution in [0.4, 0.5) is 8.78 Å². The van der Waals surface area contributed by atoms with Crippen molar-refractivity contribution in [3.63, 3.8) is 0 Å². The van der Waals surface area contributed by atoms with E-state index in [-0.39, 0.29) is 5.56 Å². The Kier molecular flexibility index (Phi) is 4.94. The fourth-order valence-corrected chi connectivity index (χ4v) is 1.49. The smallest absolute Gasteiger partial charge is 0.336 e. The van der Waals surface area contributed by atoms with Gasteiger partial charge in [-0.25, -0.2) is 13.6 Å². The summed E-state index contributed by atoms with van der Waals surface area (Å²) in [7, 11) is 3.14. The van der Waals surface area contributed by atoms with E-state index in [0.717, 1.165) is 0 Å². The summed E-state index contributed by atoms with van der Waals surface area (Å²) in [4.78, 5) is 24.2. The van der Waals surface area contributed by atoms with E-state index in [4.69, 9.17) is 5.11 Å². The Hall–Kier alpha value is -2.02. The van der Waals surface area contributed by atoms with Gasteiger partial charge in [0.15, 0.2) is 11.6 Å². The number of amides is 1. The second kappa shape index (κ2) is 6.24. The first kappa shape index (κ1) is 15.0. The van der Waals surface area contributed by atoms with Crippen molar-refractivity contribution < 1.29 is 23.5 Å². The maximum Gasteiger partial charge on any atom is 0.336 e. The van der Waals surface area contributed by atoms with Gasteiger partial charge in [-0.15, -0.1) is 0 Å². The number of nitrogens with one attached hydrogen (secondary N) is 1. The Morgan fingerprint density at radius 2 is 1.79 bits per heavy atom. The van der Waals surface area contributed by atoms with Gasteiger partial charge in [0.2, 0.25) is 0 Å². The highest BCUT2D eigenvalue weighted by Crippen LogP contribution is 2.17. The van der Waals surface area contributed by atoms with Gasteiger partial charge >= 0.3 is 5.97 Å². The predicted octanol–water partition coefficient (Wildman–Crippen LogP) is 0.954. The highest BCUT2D eigenvalue weighted by Gasteiger charge is 2.22. The number of benzene rings is 1. The zero-order valence-corrected chi connectivity index (χ0v) is 10.5. The van der Waals surface area contributed by atoms with Crippen molar-refractivity contribution in [2.45, 2.75) is 0 Å². The molecule has 0 aromatic heterocycles. The Bertz CT molecular complexity index is 506. The summed E-state index contributed by atoms with van der Waals surface area (Å²) in [5, 5.41) is 11.7. The van der Waals surface area contributed by atoms with Crippen LogP contribution in [0, 0.1) is 11.6 Å². The maximum atomic E-state index is 13.1. The van der Waals surface area contributed by atoms with Gasteiger partial charge in [0.1, 0.15) is 0 Å². The van der Waals surface area contributed by atoms with Crippen LogP contribution in [0.15, 0.2) is 12.1 Å². The number of hydrogen-bond donors (Lipinski definition) is 2. The third-order valence-corrected chi connectivity index (χ3v) is 2.57. The van der Waals surface area contributed by atoms with E-state index in [1.807, 2.05) is 0 Å². The van der Waals surface area contributed by atoms with Crippen LogP contribution in [-0.2, 0) is 0 Å². The first-order valence-corrected chi connectivity index (χ1v) is 5.51. The van der Waals surface area contributed by atoms with Crippen molar-refractivity contribution in [2.24, 2.45) is 0 Å². The molecule has 104 valence electrons. The summed E-state index contributed by atoms with van der Waals surface area (Å²) < 4.78 is 26.2. The predicted molar refractivity (Wildman–Crippen MR) is 64.2 cm³/mol. The molecular formula is C12H14F2N2O3. The van der Waals surface area contributed by atoms with Gasteiger partial charge in [0, 0.05) is 20.1 Å². The largest absolute Gasteiger partial charge is 0.478 e. The number of hydrogen-bond acceptors (Lipinski definition) is 3. The van der Waals surface area contributed by atoms with Crippen LogP contribution in [0.25, 0.3) is 0 Å². The zero-order valence-electron chi connectivity index (χ0n) is 10.5. The molecule has 19 heavy (non-hydrogen) atoms. The number of rotatable bonds is 5. The van der Waals surface area contributed by atoms with Crippen molar-refractivity contribution in [3.05, 3.63) is 34.9 Å². The molecule has 0 fully saturated rings. The van der Waals surface area contributed by atoms with Gasteiger partial charge in [-0.2, -0.15) is 0 Å². The van der Waals surface area contributed by atoms with Gasteiger partial charge in [-0.05, 0) is 19.2 Å². The topological polar surface area (TPSA) is 69.6 Å². The van der Waals surface area contributed by atoms with Gasteiger partial charge in [0.25, 0.3) is 5.91 Å². The first-order chi connectivity index (χ1) is 8.88. The maximum absolute atomic E-state index is 13.1. The fourth-order valence-electron chi connectivity index (χ4n) is 1.49. The molecule has 1 aromatic carbocycles. The van der Waals surface area contributed by atoms with E-state index in [1.165, 1.54) is 11.9 Å². The second-order valence-electron chi connectivity index (χ2n) is 3.95. The molecule has 0 atom stereocenters. The molecule has 0 unspecified atom stereocenters. The fraction of sp³-hybridized carbons (Fsp3) is 0.333. The van der Waals surface area contributed by atoms with Crippen molar-refractivity contribution in [1.82, 2.24) is 10.2 Å². The van der Waals surface area contributed by atoms with E-state index < -0.39 is 29.1 Å². The third-order valence-electron chi connectivity index (χ3n) is 2.57. The summed E-state index contributed by atoms with van der Waals surface area (Å²) in [6.45, 7) is 0.807. The number of carboxylic acids is 1. The van der Waals surface area contributed by atoms with Crippen LogP contribution >= 0.6 is 0 Å². The number of carbonyl (C=O) groups is 2. The average Bonchev–Trinajstić information content (AvgIpc) is 2.37. The van der Waals surface area contributed by atoms with E-state index in [9.17, 15) is 18.4 Å². The Balaban J connectivity index is 3.14. The molecule has 0 aliphatic carbocycles. The highest BCUT2D eigenvalue weighted by molar-refractivity contribution is 6.04. The second-order valence-corrected chi connectivity index (χ2v) is 3.95. The van der Waals surface area contributed by atoms with E-state index >= 15 is 0 Å². The lowest BCUT2D eigenvalue weighted by Crippen LogP contribution is -2.33. The molecule has 1 rings (SSSR count). The minimum Gasteiger partial charge on any atom is -0.478 e. The molecule has 0 aliphatic rings. The Morgan fingerprint density at radius 1 is 1.26 bits per heavy atom. The SMILES string of the molecule is CNCCN(C)C(=O)c1cc(F)c(F)cc1C(=O)O. The number of carbonyl (C=O) groups excluding carboxylic acids is 1. The third kappa shape index (κ3) is 3.47. The minimum absolute atomic E-state index is 0.313. The van der Waals surface area contributed by atoms with Crippen LogP contribution in [0.1, 0.15) is 20.7 Å². The lowest BCUT2D eigenvalue weighted by Gasteiger charge is -2.18. The van der Waals surface area contributed by atoms with Crippen molar-refractivity contribution in [3.8, 4) is 0 Å². The van der Waals surface area contributed by atoms with E-state index in [2.05, 4.69) is 5.32 Å². The summed E-state index contributed by atoms with van der Waals surface area (Å²) in [5.41, 5.74) is -0.926. The monoisotopic (exact) mass is 272 g/mol. The molecule has 0 radical (unpaired) electrons. The van der Waals surface area contributed by atoms with Gasteiger partial charge in [-0.3, -0.25) is 4.79 Å². The van der Waals surface area contributed by atoms with Crippen molar-refractivity contribution >= 4 is 11.9 Å². The minimum atomic E-state index is -1.48. The van der Waals surface area contributed by atoms with Crippen LogP contribution in [0.2, 0.25) is 0 Å². The molecule has 0 saturated heterocycles. The van der Waals surface area contributed by atoms with E-state index in [0.29, 0.717) is 25.2 Å². The number of nitrogens with zero attached hydrogens (tertiary/aromatic N) is 1. The normalized spacial score (nSPS) is 10.3. The van der Waals surface area contributed by atoms with Crippen molar-refractivity contribution in [1.29, 1.82) is 0 Å². The van der Waals surface area contributed by atoms with Crippen molar-refractivity contribution in [2.75, 3.05) is 27.2 Å². The number of likely N-dealkylation sites (N-methyl/N-ethyl adjacent to an activating group) is 2. The van der Waals surface area contributed by atoms with Crippen LogP contribution in [0.3, 0.4) is 0 Å². The quantitative estimate of drug-likeness (QED) is 0.837. The van der Waals surface area contributed by atoms with Crippen LogP contribution in [-0.4, -0.2) is 49.1 Å². The summed E-state index contributed by atoms with van der Waals surface area (Å²) >= 11 is 0. The summed E-state index contributed by atoms with van der Waals surface area (Å²) in [6.07, 6.45) is 0. The lowest BCUT2D eigenvalue weighted by atomic mass is 10.1. The molecule has 1 amide bonds. The number of halogens is 2. The lowest BCUT2D eigenvalue weighted by molar-refractivity contribution is 0.0681. The van der Waals surface area contributed by atoms with Crippen LogP contribution in [0.5, 0.6) is 0 Å². The number of aromatic carboxylic acids is 1. The summed E-state index contributed by atoms with van der Waals surface area (Å²) in [5.74, 6) is -4.71. The summed E-state index contributed by atoms with van der Waals surface area (Å²) in [6, 6.07) is 1.12. The molecule has 7 heteroatoms. The molecule has 0 aliphatic heterocycles.